The average molecular weight is 326 g/mol. The lowest BCUT2D eigenvalue weighted by molar-refractivity contribution is 0.0950. The van der Waals surface area contributed by atoms with Crippen LogP contribution in [0, 0.1) is 0 Å². The second-order valence-electron chi connectivity index (χ2n) is 5.10. The monoisotopic (exact) mass is 325 g/mol. The lowest BCUT2D eigenvalue weighted by atomic mass is 9.99. The van der Waals surface area contributed by atoms with Gasteiger partial charge in [0.15, 0.2) is 0 Å². The Morgan fingerprint density at radius 1 is 1.30 bits per heavy atom. The SMILES string of the molecule is O=C(NCC1(c2ccsc2)CC1)c1ccc(Cl)cc1Cl. The van der Waals surface area contributed by atoms with Crippen LogP contribution in [0.4, 0.5) is 0 Å². The molecule has 0 saturated heterocycles. The summed E-state index contributed by atoms with van der Waals surface area (Å²) in [6, 6.07) is 7.06. The van der Waals surface area contributed by atoms with Crippen molar-refractivity contribution in [1.29, 1.82) is 0 Å². The van der Waals surface area contributed by atoms with Crippen molar-refractivity contribution < 1.29 is 4.79 Å². The summed E-state index contributed by atoms with van der Waals surface area (Å²) in [6.07, 6.45) is 2.25. The van der Waals surface area contributed by atoms with Gasteiger partial charge in [0.05, 0.1) is 10.6 Å². The highest BCUT2D eigenvalue weighted by Gasteiger charge is 2.44. The molecule has 0 bridgehead atoms. The quantitative estimate of drug-likeness (QED) is 0.879. The van der Waals surface area contributed by atoms with Crippen LogP contribution in [0.3, 0.4) is 0 Å². The van der Waals surface area contributed by atoms with Gasteiger partial charge in [0.2, 0.25) is 0 Å². The maximum atomic E-state index is 12.2. The molecule has 20 heavy (non-hydrogen) atoms. The van der Waals surface area contributed by atoms with Crippen molar-refractivity contribution >= 4 is 40.4 Å². The van der Waals surface area contributed by atoms with Gasteiger partial charge in [-0.25, -0.2) is 0 Å². The van der Waals surface area contributed by atoms with Crippen LogP contribution in [0.1, 0.15) is 28.8 Å². The molecule has 1 aliphatic carbocycles. The summed E-state index contributed by atoms with van der Waals surface area (Å²) in [5, 5.41) is 8.14. The number of hydrogen-bond acceptors (Lipinski definition) is 2. The van der Waals surface area contributed by atoms with Crippen LogP contribution in [-0.4, -0.2) is 12.5 Å². The number of carbonyl (C=O) groups is 1. The van der Waals surface area contributed by atoms with E-state index in [0.717, 1.165) is 12.8 Å². The van der Waals surface area contributed by atoms with Gasteiger partial charge in [-0.05, 0) is 53.4 Å². The first-order valence-electron chi connectivity index (χ1n) is 6.37. The number of thiophene rings is 1. The topological polar surface area (TPSA) is 29.1 Å². The number of hydrogen-bond donors (Lipinski definition) is 1. The molecule has 1 fully saturated rings. The van der Waals surface area contributed by atoms with Crippen molar-refractivity contribution in [3.05, 3.63) is 56.2 Å². The molecule has 1 heterocycles. The van der Waals surface area contributed by atoms with Crippen molar-refractivity contribution in [3.63, 3.8) is 0 Å². The molecule has 2 nitrogen and oxygen atoms in total. The zero-order valence-electron chi connectivity index (χ0n) is 10.7. The fraction of sp³-hybridized carbons (Fsp3) is 0.267. The van der Waals surface area contributed by atoms with E-state index in [1.54, 1.807) is 29.5 Å². The molecule has 1 aromatic carbocycles. The van der Waals surface area contributed by atoms with Crippen molar-refractivity contribution in [2.24, 2.45) is 0 Å². The van der Waals surface area contributed by atoms with Crippen LogP contribution in [-0.2, 0) is 5.41 Å². The normalized spacial score (nSPS) is 15.9. The molecule has 1 aliphatic rings. The smallest absolute Gasteiger partial charge is 0.252 e. The highest BCUT2D eigenvalue weighted by molar-refractivity contribution is 7.08. The predicted molar refractivity (Wildman–Crippen MR) is 84.0 cm³/mol. The van der Waals surface area contributed by atoms with Crippen molar-refractivity contribution in [2.45, 2.75) is 18.3 Å². The average Bonchev–Trinajstić information content (AvgIpc) is 2.99. The highest BCUT2D eigenvalue weighted by Crippen LogP contribution is 2.48. The Bertz CT molecular complexity index is 635. The number of carbonyl (C=O) groups excluding carboxylic acids is 1. The van der Waals surface area contributed by atoms with Crippen LogP contribution >= 0.6 is 34.5 Å². The van der Waals surface area contributed by atoms with E-state index in [1.165, 1.54) is 5.56 Å². The predicted octanol–water partition coefficient (Wildman–Crippen LogP) is 4.52. The molecule has 0 aliphatic heterocycles. The van der Waals surface area contributed by atoms with Gasteiger partial charge < -0.3 is 5.32 Å². The molecular weight excluding hydrogens is 313 g/mol. The minimum Gasteiger partial charge on any atom is -0.351 e. The van der Waals surface area contributed by atoms with Gasteiger partial charge in [0, 0.05) is 17.0 Å². The molecule has 3 rings (SSSR count). The molecule has 1 aromatic heterocycles. The van der Waals surface area contributed by atoms with E-state index in [1.807, 2.05) is 0 Å². The van der Waals surface area contributed by atoms with E-state index < -0.39 is 0 Å². The Morgan fingerprint density at radius 2 is 2.10 bits per heavy atom. The van der Waals surface area contributed by atoms with Crippen molar-refractivity contribution in [1.82, 2.24) is 5.32 Å². The molecule has 1 N–H and O–H groups in total. The van der Waals surface area contributed by atoms with Crippen LogP contribution in [0.2, 0.25) is 10.0 Å². The highest BCUT2D eigenvalue weighted by atomic mass is 35.5. The number of rotatable bonds is 4. The Kier molecular flexibility index (Phi) is 3.76. The first-order valence-corrected chi connectivity index (χ1v) is 8.07. The van der Waals surface area contributed by atoms with E-state index in [9.17, 15) is 4.79 Å². The fourth-order valence-corrected chi connectivity index (χ4v) is 3.58. The Labute approximate surface area is 131 Å². The molecule has 0 radical (unpaired) electrons. The van der Waals surface area contributed by atoms with Gasteiger partial charge >= 0.3 is 0 Å². The van der Waals surface area contributed by atoms with Crippen molar-refractivity contribution in [3.8, 4) is 0 Å². The zero-order chi connectivity index (χ0) is 14.2. The van der Waals surface area contributed by atoms with Gasteiger partial charge in [-0.1, -0.05) is 23.2 Å². The lowest BCUT2D eigenvalue weighted by Crippen LogP contribution is -2.32. The van der Waals surface area contributed by atoms with E-state index >= 15 is 0 Å². The summed E-state index contributed by atoms with van der Waals surface area (Å²) in [5.41, 5.74) is 1.93. The first kappa shape index (κ1) is 13.9. The van der Waals surface area contributed by atoms with E-state index in [2.05, 4.69) is 22.1 Å². The molecule has 5 heteroatoms. The number of nitrogens with one attached hydrogen (secondary N) is 1. The molecular formula is C15H13Cl2NOS. The van der Waals surface area contributed by atoms with Crippen molar-refractivity contribution in [2.75, 3.05) is 6.54 Å². The summed E-state index contributed by atoms with van der Waals surface area (Å²) in [6.45, 7) is 0.654. The Morgan fingerprint density at radius 3 is 2.70 bits per heavy atom. The number of halogens is 2. The standard InChI is InChI=1S/C15H13Cl2NOS/c16-11-1-2-12(13(17)7-11)14(19)18-9-15(4-5-15)10-3-6-20-8-10/h1-3,6-8H,4-5,9H2,(H,18,19). The van der Waals surface area contributed by atoms with Crippen LogP contribution in [0.5, 0.6) is 0 Å². The number of amides is 1. The summed E-state index contributed by atoms with van der Waals surface area (Å²) < 4.78 is 0. The zero-order valence-corrected chi connectivity index (χ0v) is 13.0. The largest absolute Gasteiger partial charge is 0.351 e. The number of benzene rings is 1. The molecule has 0 unspecified atom stereocenters. The van der Waals surface area contributed by atoms with Gasteiger partial charge in [0.25, 0.3) is 5.91 Å². The maximum absolute atomic E-state index is 12.2. The van der Waals surface area contributed by atoms with E-state index in [4.69, 9.17) is 23.2 Å². The lowest BCUT2D eigenvalue weighted by Gasteiger charge is -2.15. The Balaban J connectivity index is 1.68. The minimum atomic E-state index is -0.145. The summed E-state index contributed by atoms with van der Waals surface area (Å²) in [7, 11) is 0. The first-order chi connectivity index (χ1) is 9.61. The minimum absolute atomic E-state index is 0.133. The third-order valence-electron chi connectivity index (χ3n) is 3.75. The molecule has 2 aromatic rings. The maximum Gasteiger partial charge on any atom is 0.252 e. The fourth-order valence-electron chi connectivity index (χ4n) is 2.30. The summed E-state index contributed by atoms with van der Waals surface area (Å²) in [4.78, 5) is 12.2. The van der Waals surface area contributed by atoms with E-state index in [-0.39, 0.29) is 11.3 Å². The summed E-state index contributed by atoms with van der Waals surface area (Å²) in [5.74, 6) is -0.145. The second kappa shape index (κ2) is 5.40. The molecule has 1 saturated carbocycles. The molecule has 104 valence electrons. The second-order valence-corrected chi connectivity index (χ2v) is 6.72. The Hall–Kier alpha value is -1.03. The van der Waals surface area contributed by atoms with Gasteiger partial charge in [-0.3, -0.25) is 4.79 Å². The van der Waals surface area contributed by atoms with Crippen LogP contribution < -0.4 is 5.32 Å². The molecule has 1 amide bonds. The molecule has 0 atom stereocenters. The van der Waals surface area contributed by atoms with Gasteiger partial charge in [-0.15, -0.1) is 0 Å². The third kappa shape index (κ3) is 2.71. The van der Waals surface area contributed by atoms with Crippen LogP contribution in [0.25, 0.3) is 0 Å². The van der Waals surface area contributed by atoms with Gasteiger partial charge in [-0.2, -0.15) is 11.3 Å². The summed E-state index contributed by atoms with van der Waals surface area (Å²) >= 11 is 13.6. The third-order valence-corrected chi connectivity index (χ3v) is 4.98. The molecule has 0 spiro atoms. The van der Waals surface area contributed by atoms with E-state index in [0.29, 0.717) is 22.2 Å². The van der Waals surface area contributed by atoms with Gasteiger partial charge in [0.1, 0.15) is 0 Å². The van der Waals surface area contributed by atoms with Crippen LogP contribution in [0.15, 0.2) is 35.0 Å².